The van der Waals surface area contributed by atoms with Gasteiger partial charge in [-0.15, -0.1) is 0 Å². The molecule has 1 aromatic heterocycles. The highest BCUT2D eigenvalue weighted by Gasteiger charge is 2.19. The first-order valence-corrected chi connectivity index (χ1v) is 14.6. The molecular weight excluding hydrogens is 520 g/mol. The molecule has 9 aromatic rings. The third-order valence-electron chi connectivity index (χ3n) is 8.73. The minimum Gasteiger partial charge on any atom is -0.456 e. The fraction of sp³-hybridized carbons (Fsp3) is 0. The van der Waals surface area contributed by atoms with E-state index in [0.717, 1.165) is 43.8 Å². The Bertz CT molecular complexity index is 2570. The summed E-state index contributed by atoms with van der Waals surface area (Å²) in [5.74, 6) is 0. The van der Waals surface area contributed by atoms with Crippen LogP contribution < -0.4 is 0 Å². The molecule has 8 aromatic carbocycles. The summed E-state index contributed by atoms with van der Waals surface area (Å²) < 4.78 is 22.2. The average Bonchev–Trinajstić information content (AvgIpc) is 3.43. The van der Waals surface area contributed by atoms with Gasteiger partial charge in [0.05, 0.1) is 2.74 Å². The Morgan fingerprint density at radius 2 is 0.977 bits per heavy atom. The van der Waals surface area contributed by atoms with Crippen molar-refractivity contribution in [2.75, 3.05) is 0 Å². The molecule has 0 bridgehead atoms. The Morgan fingerprint density at radius 3 is 1.77 bits per heavy atom. The standard InChI is InChI=1S/C42H26O/c1-2-12-28-25-29(22-21-27(28)11-1)31-13-3-4-15-33(31)42-36-18-7-5-16-34(36)41(35-17-6-8-19-37(35)42)30-23-24-40-38(26-30)32-14-9-10-20-39(32)43-40/h1-26H/i1D,10D. The molecule has 0 saturated heterocycles. The van der Waals surface area contributed by atoms with Crippen LogP contribution in [0.3, 0.4) is 0 Å². The van der Waals surface area contributed by atoms with Crippen LogP contribution in [-0.2, 0) is 0 Å². The molecule has 1 heterocycles. The van der Waals surface area contributed by atoms with E-state index in [1.54, 1.807) is 6.07 Å². The van der Waals surface area contributed by atoms with Gasteiger partial charge in [-0.25, -0.2) is 0 Å². The van der Waals surface area contributed by atoms with Crippen molar-refractivity contribution in [3.05, 3.63) is 158 Å². The third kappa shape index (κ3) is 3.72. The largest absolute Gasteiger partial charge is 0.456 e. The Morgan fingerprint density at radius 1 is 0.372 bits per heavy atom. The van der Waals surface area contributed by atoms with Gasteiger partial charge in [-0.05, 0) is 90.0 Å². The summed E-state index contributed by atoms with van der Waals surface area (Å²) in [5.41, 5.74) is 8.65. The number of rotatable bonds is 3. The van der Waals surface area contributed by atoms with Crippen LogP contribution >= 0.6 is 0 Å². The van der Waals surface area contributed by atoms with E-state index in [0.29, 0.717) is 12.1 Å². The molecule has 9 rings (SSSR count). The lowest BCUT2D eigenvalue weighted by Crippen LogP contribution is -1.92. The molecule has 0 amide bonds. The van der Waals surface area contributed by atoms with Gasteiger partial charge in [0.25, 0.3) is 0 Å². The number of hydrogen-bond donors (Lipinski definition) is 0. The molecule has 0 spiro atoms. The monoisotopic (exact) mass is 548 g/mol. The maximum Gasteiger partial charge on any atom is 0.135 e. The van der Waals surface area contributed by atoms with Crippen LogP contribution in [0.25, 0.3) is 87.6 Å². The van der Waals surface area contributed by atoms with Gasteiger partial charge in [-0.1, -0.05) is 133 Å². The molecule has 0 N–H and O–H groups in total. The minimum atomic E-state index is 0.445. The van der Waals surface area contributed by atoms with Gasteiger partial charge in [0.2, 0.25) is 0 Å². The Labute approximate surface area is 252 Å². The molecule has 1 nitrogen and oxygen atoms in total. The van der Waals surface area contributed by atoms with E-state index in [-0.39, 0.29) is 0 Å². The summed E-state index contributed by atoms with van der Waals surface area (Å²) in [6.45, 7) is 0. The van der Waals surface area contributed by atoms with E-state index in [1.807, 2.05) is 30.3 Å². The maximum absolute atomic E-state index is 8.05. The zero-order valence-electron chi connectivity index (χ0n) is 25.3. The van der Waals surface area contributed by atoms with Crippen molar-refractivity contribution in [1.29, 1.82) is 0 Å². The summed E-state index contributed by atoms with van der Waals surface area (Å²) in [7, 11) is 0. The molecule has 0 atom stereocenters. The number of hydrogen-bond acceptors (Lipinski definition) is 1. The van der Waals surface area contributed by atoms with Gasteiger partial charge < -0.3 is 4.42 Å². The number of furan rings is 1. The lowest BCUT2D eigenvalue weighted by Gasteiger charge is -2.20. The predicted molar refractivity (Wildman–Crippen MR) is 183 cm³/mol. The van der Waals surface area contributed by atoms with Crippen LogP contribution in [0.2, 0.25) is 0 Å². The molecule has 200 valence electrons. The molecule has 0 aliphatic rings. The molecule has 1 heteroatoms. The van der Waals surface area contributed by atoms with Crippen molar-refractivity contribution in [1.82, 2.24) is 0 Å². The van der Waals surface area contributed by atoms with Crippen molar-refractivity contribution >= 4 is 54.3 Å². The maximum atomic E-state index is 8.05. The molecule has 0 aliphatic carbocycles. The second kappa shape index (κ2) is 9.44. The zero-order valence-corrected chi connectivity index (χ0v) is 23.3. The van der Waals surface area contributed by atoms with E-state index in [9.17, 15) is 0 Å². The van der Waals surface area contributed by atoms with Crippen LogP contribution in [-0.4, -0.2) is 0 Å². The summed E-state index contributed by atoms with van der Waals surface area (Å²) in [4.78, 5) is 0. The fourth-order valence-electron chi connectivity index (χ4n) is 6.80. The number of para-hydroxylation sites is 1. The van der Waals surface area contributed by atoms with Crippen molar-refractivity contribution in [2.24, 2.45) is 0 Å². The second-order valence-corrected chi connectivity index (χ2v) is 11.1. The summed E-state index contributed by atoms with van der Waals surface area (Å²) in [5, 5.41) is 9.08. The highest BCUT2D eigenvalue weighted by molar-refractivity contribution is 6.23. The Balaban J connectivity index is 1.33. The van der Waals surface area contributed by atoms with E-state index in [2.05, 4.69) is 109 Å². The quantitative estimate of drug-likeness (QED) is 0.200. The predicted octanol–water partition coefficient (Wildman–Crippen LogP) is 12.0. The van der Waals surface area contributed by atoms with Crippen molar-refractivity contribution in [2.45, 2.75) is 0 Å². The van der Waals surface area contributed by atoms with Crippen LogP contribution in [0.5, 0.6) is 0 Å². The van der Waals surface area contributed by atoms with E-state index < -0.39 is 0 Å². The zero-order chi connectivity index (χ0) is 30.1. The second-order valence-electron chi connectivity index (χ2n) is 11.1. The van der Waals surface area contributed by atoms with E-state index in [1.165, 1.54) is 43.8 Å². The van der Waals surface area contributed by atoms with Crippen LogP contribution in [0, 0.1) is 0 Å². The highest BCUT2D eigenvalue weighted by atomic mass is 16.3. The van der Waals surface area contributed by atoms with Gasteiger partial charge in [0.1, 0.15) is 11.2 Å². The summed E-state index contributed by atoms with van der Waals surface area (Å²) >= 11 is 0. The van der Waals surface area contributed by atoms with Gasteiger partial charge in [0, 0.05) is 10.8 Å². The molecule has 0 aliphatic heterocycles. The van der Waals surface area contributed by atoms with Crippen molar-refractivity contribution in [3.8, 4) is 33.4 Å². The van der Waals surface area contributed by atoms with Gasteiger partial charge in [-0.3, -0.25) is 0 Å². The smallest absolute Gasteiger partial charge is 0.135 e. The molecule has 43 heavy (non-hydrogen) atoms. The summed E-state index contributed by atoms with van der Waals surface area (Å²) in [6, 6.07) is 51.6. The van der Waals surface area contributed by atoms with E-state index >= 15 is 0 Å². The average molecular weight is 549 g/mol. The first-order chi connectivity index (χ1) is 22.1. The first kappa shape index (κ1) is 22.0. The van der Waals surface area contributed by atoms with Crippen molar-refractivity contribution < 1.29 is 7.16 Å². The Hall–Kier alpha value is -5.66. The van der Waals surface area contributed by atoms with Crippen LogP contribution in [0.1, 0.15) is 2.74 Å². The van der Waals surface area contributed by atoms with Gasteiger partial charge >= 0.3 is 0 Å². The Kier molecular flexibility index (Phi) is 4.83. The molecule has 0 radical (unpaired) electrons. The molecule has 0 fully saturated rings. The third-order valence-corrected chi connectivity index (χ3v) is 8.73. The normalized spacial score (nSPS) is 12.4. The van der Waals surface area contributed by atoms with Crippen LogP contribution in [0.15, 0.2) is 162 Å². The minimum absolute atomic E-state index is 0.445. The van der Waals surface area contributed by atoms with Crippen LogP contribution in [0.4, 0.5) is 0 Å². The first-order valence-electron chi connectivity index (χ1n) is 15.6. The summed E-state index contributed by atoms with van der Waals surface area (Å²) in [6.07, 6.45) is 0. The number of fused-ring (bicyclic) bond motifs is 6. The van der Waals surface area contributed by atoms with E-state index in [4.69, 9.17) is 7.16 Å². The topological polar surface area (TPSA) is 13.1 Å². The van der Waals surface area contributed by atoms with Crippen molar-refractivity contribution in [3.63, 3.8) is 0 Å². The van der Waals surface area contributed by atoms with Gasteiger partial charge in [-0.2, -0.15) is 0 Å². The van der Waals surface area contributed by atoms with Gasteiger partial charge in [0.15, 0.2) is 0 Å². The number of benzene rings is 8. The fourth-order valence-corrected chi connectivity index (χ4v) is 6.80. The molecular formula is C42H26O. The lowest BCUT2D eigenvalue weighted by molar-refractivity contribution is 0.669. The molecule has 0 unspecified atom stereocenters. The highest BCUT2D eigenvalue weighted by Crippen LogP contribution is 2.46. The molecule has 0 saturated carbocycles. The SMILES string of the molecule is [2H]c1ccc2cc(-c3ccccc3-c3c4ccccc4c(-c4ccc5oc6cc([2H])ccc6c5c4)c4ccccc34)ccc2c1. The lowest BCUT2D eigenvalue weighted by atomic mass is 9.83.